The van der Waals surface area contributed by atoms with E-state index >= 15 is 0 Å². The molecule has 0 bridgehead atoms. The smallest absolute Gasteiger partial charge is 0.316 e. The van der Waals surface area contributed by atoms with Gasteiger partial charge in [0.25, 0.3) is 0 Å². The first-order chi connectivity index (χ1) is 21.4. The van der Waals surface area contributed by atoms with Gasteiger partial charge in [0.1, 0.15) is 28.2 Å². The second-order valence-corrected chi connectivity index (χ2v) is 12.4. The van der Waals surface area contributed by atoms with E-state index in [1.807, 2.05) is 48.5 Å². The zero-order valence-electron chi connectivity index (χ0n) is 24.9. The van der Waals surface area contributed by atoms with Gasteiger partial charge in [0.2, 0.25) is 0 Å². The Bertz CT molecular complexity index is 1800. The molecule has 0 spiro atoms. The molecule has 2 amide bonds. The number of fused-ring (bicyclic) bond motifs is 1. The number of hydrogen-bond acceptors (Lipinski definition) is 5. The number of urea groups is 1. The average Bonchev–Trinajstić information content (AvgIpc) is 3.38. The molecule has 11 heteroatoms. The van der Waals surface area contributed by atoms with Crippen molar-refractivity contribution in [3.63, 3.8) is 0 Å². The maximum absolute atomic E-state index is 14.4. The fourth-order valence-corrected chi connectivity index (χ4v) is 5.09. The zero-order chi connectivity index (χ0) is 32.3. The first-order valence-corrected chi connectivity index (χ1v) is 15.0. The Kier molecular flexibility index (Phi) is 9.32. The topological polar surface area (TPSA) is 108 Å². The number of nitrogens with zero attached hydrogens (tertiary/aromatic N) is 1. The van der Waals surface area contributed by atoms with Gasteiger partial charge in [-0.3, -0.25) is 4.79 Å². The van der Waals surface area contributed by atoms with Gasteiger partial charge < -0.3 is 25.7 Å². The highest BCUT2D eigenvalue weighted by Crippen LogP contribution is 2.37. The van der Waals surface area contributed by atoms with E-state index in [9.17, 15) is 14.0 Å². The van der Waals surface area contributed by atoms with Crippen LogP contribution in [0.15, 0.2) is 85.1 Å². The van der Waals surface area contributed by atoms with Crippen LogP contribution in [0, 0.1) is 11.2 Å². The summed E-state index contributed by atoms with van der Waals surface area (Å²) < 4.78 is 20.1. The number of halogens is 3. The molecule has 0 saturated carbocycles. The van der Waals surface area contributed by atoms with Gasteiger partial charge in [-0.25, -0.2) is 14.2 Å². The number of benzene rings is 3. The molecule has 8 nitrogen and oxygen atoms in total. The van der Waals surface area contributed by atoms with Crippen LogP contribution in [0.3, 0.4) is 0 Å². The van der Waals surface area contributed by atoms with E-state index in [1.165, 1.54) is 6.07 Å². The van der Waals surface area contributed by atoms with Gasteiger partial charge in [-0.2, -0.15) is 0 Å². The van der Waals surface area contributed by atoms with Gasteiger partial charge in [-0.1, -0.05) is 78.3 Å². The number of aromatic nitrogens is 2. The number of hydrogen-bond donors (Lipinski definition) is 4. The molecule has 1 aliphatic heterocycles. The molecule has 0 radical (unpaired) electrons. The number of carbonyl (C=O) groups excluding carboxylic acids is 2. The predicted molar refractivity (Wildman–Crippen MR) is 175 cm³/mol. The minimum atomic E-state index is -0.708. The normalized spacial score (nSPS) is 13.3. The number of amides is 2. The number of carbonyl (C=O) groups is 2. The van der Waals surface area contributed by atoms with Crippen molar-refractivity contribution < 1.29 is 18.7 Å². The van der Waals surface area contributed by atoms with Gasteiger partial charge in [0.15, 0.2) is 0 Å². The first kappa shape index (κ1) is 31.8. The summed E-state index contributed by atoms with van der Waals surface area (Å²) in [4.78, 5) is 33.6. The van der Waals surface area contributed by atoms with E-state index < -0.39 is 23.3 Å². The highest BCUT2D eigenvalue weighted by atomic mass is 35.5. The molecule has 232 valence electrons. The number of anilines is 1. The van der Waals surface area contributed by atoms with Gasteiger partial charge in [0.05, 0.1) is 16.5 Å². The fourth-order valence-electron chi connectivity index (χ4n) is 4.65. The highest BCUT2D eigenvalue weighted by molar-refractivity contribution is 6.32. The van der Waals surface area contributed by atoms with Crippen molar-refractivity contribution >= 4 is 46.6 Å². The molecule has 1 atom stereocenters. The largest absolute Gasteiger partial charge is 0.425 e. The van der Waals surface area contributed by atoms with Crippen LogP contribution in [0.25, 0.3) is 17.0 Å². The van der Waals surface area contributed by atoms with Crippen molar-refractivity contribution in [3.05, 3.63) is 124 Å². The van der Waals surface area contributed by atoms with Crippen LogP contribution in [-0.4, -0.2) is 22.0 Å². The molecule has 3 aromatic carbocycles. The third-order valence-electron chi connectivity index (χ3n) is 7.04. The average molecular weight is 649 g/mol. The summed E-state index contributed by atoms with van der Waals surface area (Å²) in [6.07, 6.45) is 2.07. The third kappa shape index (κ3) is 7.56. The van der Waals surface area contributed by atoms with Crippen LogP contribution in [0.5, 0.6) is 0 Å². The zero-order valence-corrected chi connectivity index (χ0v) is 26.4. The second kappa shape index (κ2) is 13.2. The van der Waals surface area contributed by atoms with Crippen LogP contribution in [0.1, 0.15) is 49.3 Å². The number of aromatic amines is 1. The van der Waals surface area contributed by atoms with Crippen LogP contribution < -0.4 is 16.0 Å². The van der Waals surface area contributed by atoms with Crippen molar-refractivity contribution in [2.45, 2.75) is 39.8 Å². The SMILES string of the molecule is C=C1C=C(OC(=O)C(C)(C)C)c2cc(-c3nc([C@H](Cc4ccccc4)NC(=O)NCc4cccc(Cl)c4F)[nH]c3Cl)ccc2N1. The standard InChI is InChI=1S/C34H32Cl2FN5O3/c1-19-15-27(45-32(43)34(2,3)4)23-17-21(13-14-25(23)39-19)29-30(36)42-31(41-29)26(16-20-9-6-5-7-10-20)40-33(44)38-18-22-11-8-12-24(35)28(22)37/h5-15,17,26,39H,1,16,18H2,2-4H3,(H,41,42)(H2,38,40,44)/t26-/m0/s1. The first-order valence-electron chi connectivity index (χ1n) is 14.2. The Morgan fingerprint density at radius 1 is 1.07 bits per heavy atom. The molecular formula is C34H32Cl2FN5O3. The Balaban J connectivity index is 1.42. The van der Waals surface area contributed by atoms with E-state index in [0.29, 0.717) is 46.2 Å². The van der Waals surface area contributed by atoms with E-state index in [2.05, 4.69) is 27.5 Å². The van der Waals surface area contributed by atoms with Crippen LogP contribution in [0.2, 0.25) is 10.2 Å². The Labute approximate surface area is 270 Å². The number of H-pyrrole nitrogens is 1. The number of allylic oxidation sites excluding steroid dienone is 1. The molecule has 0 saturated heterocycles. The molecule has 1 aromatic heterocycles. The summed E-state index contributed by atoms with van der Waals surface area (Å²) in [6, 6.07) is 18.6. The maximum Gasteiger partial charge on any atom is 0.316 e. The van der Waals surface area contributed by atoms with E-state index in [4.69, 9.17) is 32.9 Å². The van der Waals surface area contributed by atoms with Gasteiger partial charge in [-0.05, 0) is 51.0 Å². The monoisotopic (exact) mass is 647 g/mol. The van der Waals surface area contributed by atoms with Gasteiger partial charge >= 0.3 is 12.0 Å². The molecule has 1 aliphatic rings. The summed E-state index contributed by atoms with van der Waals surface area (Å²) in [5, 5.41) is 9.05. The molecule has 4 aromatic rings. The molecule has 0 aliphatic carbocycles. The molecule has 2 heterocycles. The summed E-state index contributed by atoms with van der Waals surface area (Å²) in [7, 11) is 0. The van der Waals surface area contributed by atoms with Crippen molar-refractivity contribution in [1.29, 1.82) is 0 Å². The van der Waals surface area contributed by atoms with Gasteiger partial charge in [-0.15, -0.1) is 0 Å². The summed E-state index contributed by atoms with van der Waals surface area (Å²) in [6.45, 7) is 9.25. The van der Waals surface area contributed by atoms with E-state index in [0.717, 1.165) is 5.56 Å². The van der Waals surface area contributed by atoms with Crippen LogP contribution in [0.4, 0.5) is 14.9 Å². The van der Waals surface area contributed by atoms with Crippen LogP contribution >= 0.6 is 23.2 Å². The molecule has 0 unspecified atom stereocenters. The summed E-state index contributed by atoms with van der Waals surface area (Å²) in [5.74, 6) is -0.189. The molecule has 5 rings (SSSR count). The quantitative estimate of drug-likeness (QED) is 0.144. The third-order valence-corrected chi connectivity index (χ3v) is 7.61. The fraction of sp³-hybridized carbons (Fsp3) is 0.206. The summed E-state index contributed by atoms with van der Waals surface area (Å²) >= 11 is 12.6. The lowest BCUT2D eigenvalue weighted by Gasteiger charge is -2.24. The number of imidazole rings is 1. The van der Waals surface area contributed by atoms with Gasteiger partial charge in [0, 0.05) is 40.7 Å². The van der Waals surface area contributed by atoms with E-state index in [-0.39, 0.29) is 28.3 Å². The van der Waals surface area contributed by atoms with Crippen molar-refractivity contribution in [1.82, 2.24) is 20.6 Å². The van der Waals surface area contributed by atoms with Crippen LogP contribution in [-0.2, 0) is 22.5 Å². The lowest BCUT2D eigenvalue weighted by atomic mass is 9.97. The molecule has 4 N–H and O–H groups in total. The highest BCUT2D eigenvalue weighted by Gasteiger charge is 2.28. The van der Waals surface area contributed by atoms with E-state index in [1.54, 1.807) is 39.0 Å². The Hall–Kier alpha value is -4.60. The Morgan fingerprint density at radius 2 is 1.82 bits per heavy atom. The van der Waals surface area contributed by atoms with Crippen molar-refractivity contribution in [2.75, 3.05) is 5.32 Å². The number of ether oxygens (including phenoxy) is 1. The molecular weight excluding hydrogens is 616 g/mol. The lowest BCUT2D eigenvalue weighted by molar-refractivity contribution is -0.145. The van der Waals surface area contributed by atoms with Crippen molar-refractivity contribution in [2.24, 2.45) is 5.41 Å². The molecule has 0 fully saturated rings. The second-order valence-electron chi connectivity index (χ2n) is 11.6. The molecule has 45 heavy (non-hydrogen) atoms. The minimum Gasteiger partial charge on any atom is -0.425 e. The minimum absolute atomic E-state index is 0.0210. The number of rotatable bonds is 8. The maximum atomic E-state index is 14.4. The number of esters is 1. The Morgan fingerprint density at radius 3 is 2.56 bits per heavy atom. The van der Waals surface area contributed by atoms with Crippen molar-refractivity contribution in [3.8, 4) is 11.3 Å². The predicted octanol–water partition coefficient (Wildman–Crippen LogP) is 8.18. The lowest BCUT2D eigenvalue weighted by Crippen LogP contribution is -2.39. The summed E-state index contributed by atoms with van der Waals surface area (Å²) in [5.41, 5.74) is 3.55. The number of nitrogens with one attached hydrogen (secondary N) is 4.